The van der Waals surface area contributed by atoms with Crippen LogP contribution in [-0.4, -0.2) is 29.6 Å². The molecule has 0 bridgehead atoms. The molecule has 0 aromatic rings. The quantitative estimate of drug-likeness (QED) is 0.399. The van der Waals surface area contributed by atoms with Gasteiger partial charge in [-0.2, -0.15) is 5.10 Å². The first-order chi connectivity index (χ1) is 13.8. The summed E-state index contributed by atoms with van der Waals surface area (Å²) in [5, 5.41) is 14.5. The van der Waals surface area contributed by atoms with E-state index in [1.165, 1.54) is 24.0 Å². The highest BCUT2D eigenvalue weighted by Gasteiger charge is 2.56. The lowest BCUT2D eigenvalue weighted by molar-refractivity contribution is -0.0279. The van der Waals surface area contributed by atoms with E-state index in [0.29, 0.717) is 18.4 Å². The monoisotopic (exact) mass is 400 g/mol. The molecule has 29 heavy (non-hydrogen) atoms. The molecule has 1 amide bonds. The summed E-state index contributed by atoms with van der Waals surface area (Å²) in [7, 11) is 0. The number of hydrogen-bond donors (Lipinski definition) is 2. The van der Waals surface area contributed by atoms with Crippen LogP contribution in [0.5, 0.6) is 0 Å². The van der Waals surface area contributed by atoms with E-state index in [0.717, 1.165) is 43.7 Å². The molecule has 2 saturated carbocycles. The van der Waals surface area contributed by atoms with Gasteiger partial charge in [0.05, 0.1) is 18.4 Å². The average Bonchev–Trinajstić information content (AvgIpc) is 3.04. The molecule has 4 aliphatic rings. The number of hydrogen-bond acceptors (Lipinski definition) is 4. The lowest BCUT2D eigenvalue weighted by Gasteiger charge is -2.57. The molecule has 0 radical (unpaired) electrons. The Kier molecular flexibility index (Phi) is 5.39. The Morgan fingerprint density at radius 3 is 2.72 bits per heavy atom. The first-order valence-electron chi connectivity index (χ1n) is 11.3. The summed E-state index contributed by atoms with van der Waals surface area (Å²) in [5.74, 6) is 2.04. The molecule has 0 aromatic carbocycles. The van der Waals surface area contributed by atoms with Crippen molar-refractivity contribution in [3.05, 3.63) is 23.3 Å². The number of fused-ring (bicyclic) bond motifs is 5. The van der Waals surface area contributed by atoms with Crippen LogP contribution in [0, 0.1) is 28.6 Å². The van der Waals surface area contributed by atoms with Gasteiger partial charge in [0.2, 0.25) is 0 Å². The molecule has 2 N–H and O–H groups in total. The Balaban J connectivity index is 1.54. The smallest absolute Gasteiger partial charge is 0.427 e. The zero-order valence-corrected chi connectivity index (χ0v) is 18.3. The molecule has 2 fully saturated rings. The lowest BCUT2D eigenvalue weighted by Crippen LogP contribution is -2.50. The molecule has 5 heteroatoms. The van der Waals surface area contributed by atoms with Gasteiger partial charge in [-0.25, -0.2) is 10.2 Å². The minimum absolute atomic E-state index is 0.126. The molecule has 0 spiro atoms. The van der Waals surface area contributed by atoms with Crippen molar-refractivity contribution in [1.82, 2.24) is 5.43 Å². The molecule has 160 valence electrons. The number of nitrogens with one attached hydrogen (secondary N) is 1. The van der Waals surface area contributed by atoms with Crippen LogP contribution in [0.25, 0.3) is 0 Å². The van der Waals surface area contributed by atoms with Gasteiger partial charge >= 0.3 is 6.09 Å². The van der Waals surface area contributed by atoms with Crippen molar-refractivity contribution >= 4 is 11.8 Å². The number of aliphatic hydroxyl groups is 1. The number of aliphatic hydroxyl groups excluding tert-OH is 1. The lowest BCUT2D eigenvalue weighted by atomic mass is 9.47. The zero-order chi connectivity index (χ0) is 20.8. The Morgan fingerprint density at radius 2 is 1.97 bits per heavy atom. The number of rotatable bonds is 3. The Hall–Kier alpha value is -1.62. The minimum Gasteiger partial charge on any atom is -0.449 e. The van der Waals surface area contributed by atoms with Crippen LogP contribution in [0.1, 0.15) is 72.6 Å². The molecule has 0 aromatic heterocycles. The van der Waals surface area contributed by atoms with Crippen molar-refractivity contribution in [2.45, 2.75) is 78.7 Å². The van der Waals surface area contributed by atoms with Gasteiger partial charge in [0.25, 0.3) is 0 Å². The van der Waals surface area contributed by atoms with E-state index in [2.05, 4.69) is 36.5 Å². The van der Waals surface area contributed by atoms with Crippen LogP contribution in [0.2, 0.25) is 0 Å². The summed E-state index contributed by atoms with van der Waals surface area (Å²) in [6, 6.07) is 0. The topological polar surface area (TPSA) is 70.9 Å². The first kappa shape index (κ1) is 20.6. The van der Waals surface area contributed by atoms with Gasteiger partial charge in [0, 0.05) is 0 Å². The fourth-order valence-electron chi connectivity index (χ4n) is 7.12. The summed E-state index contributed by atoms with van der Waals surface area (Å²) < 4.78 is 4.93. The maximum absolute atomic E-state index is 11.6. The minimum atomic E-state index is -0.492. The molecule has 0 heterocycles. The van der Waals surface area contributed by atoms with Gasteiger partial charge in [-0.05, 0) is 93.0 Å². The highest BCUT2D eigenvalue weighted by atomic mass is 16.5. The van der Waals surface area contributed by atoms with E-state index in [1.54, 1.807) is 6.92 Å². The summed E-state index contributed by atoms with van der Waals surface area (Å²) in [4.78, 5) is 11.6. The van der Waals surface area contributed by atoms with Crippen LogP contribution in [0.4, 0.5) is 4.79 Å². The van der Waals surface area contributed by atoms with Crippen LogP contribution in [-0.2, 0) is 4.74 Å². The Bertz CT molecular complexity index is 770. The van der Waals surface area contributed by atoms with Gasteiger partial charge < -0.3 is 9.84 Å². The van der Waals surface area contributed by atoms with Crippen LogP contribution in [0.3, 0.4) is 0 Å². The molecule has 0 saturated heterocycles. The number of nitrogens with zero attached hydrogens (tertiary/aromatic N) is 1. The van der Waals surface area contributed by atoms with E-state index in [-0.39, 0.29) is 16.9 Å². The molecule has 5 nitrogen and oxygen atoms in total. The molecule has 0 unspecified atom stereocenters. The molecular weight excluding hydrogens is 364 g/mol. The third-order valence-corrected chi connectivity index (χ3v) is 8.64. The second kappa shape index (κ2) is 7.57. The molecule has 4 rings (SSSR count). The molecule has 4 aliphatic carbocycles. The summed E-state index contributed by atoms with van der Waals surface area (Å²) in [5.41, 5.74) is 6.64. The highest BCUT2D eigenvalue weighted by Crippen LogP contribution is 2.65. The third kappa shape index (κ3) is 3.35. The Labute approximate surface area is 174 Å². The van der Waals surface area contributed by atoms with Crippen molar-refractivity contribution in [2.24, 2.45) is 33.7 Å². The van der Waals surface area contributed by atoms with Gasteiger partial charge in [0.1, 0.15) is 0 Å². The summed E-state index contributed by atoms with van der Waals surface area (Å²) in [6.07, 6.45) is 11.8. The zero-order valence-electron chi connectivity index (χ0n) is 18.3. The van der Waals surface area contributed by atoms with Crippen molar-refractivity contribution in [2.75, 3.05) is 6.61 Å². The van der Waals surface area contributed by atoms with Crippen molar-refractivity contribution < 1.29 is 14.6 Å². The maximum atomic E-state index is 11.6. The van der Waals surface area contributed by atoms with E-state index in [1.807, 2.05) is 6.92 Å². The SMILES string of the molecule is CCOC(=O)N/N=C(/C)C1=CC[C@@H]2[C@H]3CC=C4C[C@@H](O)CC[C@]4(C)[C@H]3CC[C@]12C. The number of amides is 1. The van der Waals surface area contributed by atoms with Gasteiger partial charge in [-0.15, -0.1) is 0 Å². The number of hydrazone groups is 1. The van der Waals surface area contributed by atoms with E-state index in [9.17, 15) is 9.90 Å². The van der Waals surface area contributed by atoms with Crippen molar-refractivity contribution in [3.63, 3.8) is 0 Å². The molecular formula is C24H36N2O3. The Morgan fingerprint density at radius 1 is 1.21 bits per heavy atom. The van der Waals surface area contributed by atoms with Gasteiger partial charge in [0.15, 0.2) is 0 Å². The van der Waals surface area contributed by atoms with Crippen molar-refractivity contribution in [1.29, 1.82) is 0 Å². The second-order valence-electron chi connectivity index (χ2n) is 10.00. The molecule has 0 aliphatic heterocycles. The van der Waals surface area contributed by atoms with E-state index >= 15 is 0 Å². The van der Waals surface area contributed by atoms with Gasteiger partial charge in [-0.3, -0.25) is 0 Å². The van der Waals surface area contributed by atoms with Crippen LogP contribution < -0.4 is 5.43 Å². The van der Waals surface area contributed by atoms with Crippen LogP contribution >= 0.6 is 0 Å². The first-order valence-corrected chi connectivity index (χ1v) is 11.3. The summed E-state index contributed by atoms with van der Waals surface area (Å²) in [6.45, 7) is 9.00. The maximum Gasteiger partial charge on any atom is 0.427 e. The van der Waals surface area contributed by atoms with Crippen LogP contribution in [0.15, 0.2) is 28.4 Å². The van der Waals surface area contributed by atoms with Gasteiger partial charge in [-0.1, -0.05) is 31.6 Å². The fraction of sp³-hybridized carbons (Fsp3) is 0.750. The normalized spacial score (nSPS) is 41.5. The number of carbonyl (C=O) groups excluding carboxylic acids is 1. The van der Waals surface area contributed by atoms with E-state index < -0.39 is 6.09 Å². The second-order valence-corrected chi connectivity index (χ2v) is 10.00. The predicted molar refractivity (Wildman–Crippen MR) is 114 cm³/mol. The highest BCUT2D eigenvalue weighted by molar-refractivity contribution is 6.00. The molecule has 6 atom stereocenters. The number of carbonyl (C=O) groups is 1. The third-order valence-electron chi connectivity index (χ3n) is 8.64. The van der Waals surface area contributed by atoms with Crippen molar-refractivity contribution in [3.8, 4) is 0 Å². The summed E-state index contributed by atoms with van der Waals surface area (Å²) >= 11 is 0. The standard InChI is InChI=1S/C24H36N2O3/c1-5-29-22(28)26-25-15(2)19-8-9-20-18-7-6-16-14-17(27)10-12-23(16,3)21(18)11-13-24(19,20)4/h6,8,17-18,20-21,27H,5,7,9-14H2,1-4H3,(H,26,28)/b25-15-/t17-,18+,20+,21-,23-,24+/m0/s1. The number of allylic oxidation sites excluding steroid dienone is 3. The number of ether oxygens (including phenoxy) is 1. The predicted octanol–water partition coefficient (Wildman–Crippen LogP) is 4.97. The average molecular weight is 401 g/mol. The van der Waals surface area contributed by atoms with E-state index in [4.69, 9.17) is 4.74 Å². The fourth-order valence-corrected chi connectivity index (χ4v) is 7.12. The largest absolute Gasteiger partial charge is 0.449 e.